The van der Waals surface area contributed by atoms with Crippen molar-refractivity contribution in [2.45, 2.75) is 41.1 Å². The summed E-state index contributed by atoms with van der Waals surface area (Å²) < 4.78 is 179. The standard InChI is InChI=1S/C20H13AsF12O3/c22-17(23,24)15(18(25,26)27)11-5-1-3-7-13(11)21(35-15,9-10-34)14-8-4-2-6-12(14)16(36-21,19(28,29)30)20(31,32)33/h1-8,34H,9-10H2. The van der Waals surface area contributed by atoms with Crippen LogP contribution >= 0.6 is 0 Å². The Balaban J connectivity index is 2.28. The van der Waals surface area contributed by atoms with Crippen LogP contribution in [-0.2, 0) is 18.7 Å². The van der Waals surface area contributed by atoms with Gasteiger partial charge in [-0.15, -0.1) is 0 Å². The predicted octanol–water partition coefficient (Wildman–Crippen LogP) is 4.89. The normalized spacial score (nSPS) is 23.1. The molecule has 0 aliphatic carbocycles. The van der Waals surface area contributed by atoms with Gasteiger partial charge in [-0.05, 0) is 0 Å². The number of alkyl halides is 12. The van der Waals surface area contributed by atoms with Gasteiger partial charge in [0.15, 0.2) is 0 Å². The van der Waals surface area contributed by atoms with Gasteiger partial charge in [-0.1, -0.05) is 0 Å². The molecule has 1 spiro atoms. The third-order valence-electron chi connectivity index (χ3n) is 6.30. The van der Waals surface area contributed by atoms with E-state index in [9.17, 15) is 57.8 Å². The van der Waals surface area contributed by atoms with E-state index in [4.69, 9.17) is 7.45 Å². The molecule has 4 rings (SSSR count). The third kappa shape index (κ3) is 2.91. The number of hydrogen-bond acceptors (Lipinski definition) is 3. The van der Waals surface area contributed by atoms with Crippen LogP contribution in [0.15, 0.2) is 48.5 Å². The molecule has 16 heteroatoms. The molecule has 0 amide bonds. The Morgan fingerprint density at radius 3 is 1.17 bits per heavy atom. The Bertz CT molecular complexity index is 1080. The summed E-state index contributed by atoms with van der Waals surface area (Å²) in [5, 5.41) is 8.20. The van der Waals surface area contributed by atoms with E-state index in [0.29, 0.717) is 24.3 Å². The van der Waals surface area contributed by atoms with Gasteiger partial charge >= 0.3 is 194 Å². The Hall–Kier alpha value is -1.96. The summed E-state index contributed by atoms with van der Waals surface area (Å²) in [6.45, 7) is -1.45. The first-order valence-corrected chi connectivity index (χ1v) is 14.5. The molecule has 0 radical (unpaired) electrons. The molecule has 2 aromatic carbocycles. The van der Waals surface area contributed by atoms with Crippen LogP contribution in [0.2, 0.25) is 5.21 Å². The van der Waals surface area contributed by atoms with Gasteiger partial charge in [0.25, 0.3) is 0 Å². The van der Waals surface area contributed by atoms with Crippen molar-refractivity contribution in [2.24, 2.45) is 0 Å². The van der Waals surface area contributed by atoms with Crippen LogP contribution in [0.4, 0.5) is 52.7 Å². The summed E-state index contributed by atoms with van der Waals surface area (Å²) >= 11 is -7.54. The van der Waals surface area contributed by atoms with Gasteiger partial charge < -0.3 is 0 Å². The molecule has 0 saturated carbocycles. The molecule has 0 fully saturated rings. The van der Waals surface area contributed by atoms with Crippen LogP contribution in [-0.4, -0.2) is 49.6 Å². The average Bonchev–Trinajstić information content (AvgIpc) is 3.16. The zero-order valence-corrected chi connectivity index (χ0v) is 19.2. The molecule has 2 heterocycles. The molecular formula is C20H13AsF12O3. The van der Waals surface area contributed by atoms with Crippen LogP contribution in [0.1, 0.15) is 11.1 Å². The molecule has 1 N–H and O–H groups in total. The number of aliphatic hydroxyl groups is 1. The second-order valence-corrected chi connectivity index (χ2v) is 16.6. The summed E-state index contributed by atoms with van der Waals surface area (Å²) in [6, 6.07) is 4.64. The van der Waals surface area contributed by atoms with E-state index < -0.39 is 80.7 Å². The number of benzene rings is 2. The first-order valence-electron chi connectivity index (χ1n) is 9.78. The van der Waals surface area contributed by atoms with E-state index in [1.165, 1.54) is 0 Å². The number of halogens is 12. The summed E-state index contributed by atoms with van der Waals surface area (Å²) in [7, 11) is 0. The molecule has 0 aromatic heterocycles. The van der Waals surface area contributed by atoms with Crippen molar-refractivity contribution in [3.05, 3.63) is 59.7 Å². The molecule has 0 bridgehead atoms. The van der Waals surface area contributed by atoms with E-state index in [-0.39, 0.29) is 12.1 Å². The first-order chi connectivity index (χ1) is 16.3. The van der Waals surface area contributed by atoms with Crippen LogP contribution in [0.3, 0.4) is 0 Å². The van der Waals surface area contributed by atoms with Crippen molar-refractivity contribution < 1.29 is 65.2 Å². The van der Waals surface area contributed by atoms with Crippen molar-refractivity contribution in [2.75, 3.05) is 6.61 Å². The Labute approximate surface area is 194 Å². The number of aliphatic hydroxyl groups excluding tert-OH is 1. The number of fused-ring (bicyclic) bond motifs is 4. The topological polar surface area (TPSA) is 38.7 Å². The van der Waals surface area contributed by atoms with Gasteiger partial charge in [0, 0.05) is 0 Å². The Morgan fingerprint density at radius 1 is 0.583 bits per heavy atom. The molecule has 36 heavy (non-hydrogen) atoms. The van der Waals surface area contributed by atoms with E-state index in [2.05, 4.69) is 0 Å². The van der Waals surface area contributed by atoms with Crippen LogP contribution in [0.5, 0.6) is 0 Å². The van der Waals surface area contributed by atoms with Crippen molar-refractivity contribution in [1.82, 2.24) is 0 Å². The summed E-state index contributed by atoms with van der Waals surface area (Å²) in [6.07, 6.45) is -25.6. The fraction of sp³-hybridized carbons (Fsp3) is 0.400. The third-order valence-corrected chi connectivity index (χ3v) is 16.9. The van der Waals surface area contributed by atoms with Crippen LogP contribution in [0.25, 0.3) is 0 Å². The van der Waals surface area contributed by atoms with Gasteiger partial charge in [0.1, 0.15) is 0 Å². The zero-order valence-electron chi connectivity index (χ0n) is 17.3. The fourth-order valence-electron chi connectivity index (χ4n) is 5.01. The molecule has 2 aromatic rings. The van der Waals surface area contributed by atoms with Gasteiger partial charge in [-0.3, -0.25) is 0 Å². The Kier molecular flexibility index (Phi) is 5.51. The average molecular weight is 604 g/mol. The minimum absolute atomic E-state index is 0.264. The maximum atomic E-state index is 14.3. The predicted molar refractivity (Wildman–Crippen MR) is 99.5 cm³/mol. The number of hydrogen-bond donors (Lipinski definition) is 1. The first kappa shape index (κ1) is 27.1. The summed E-state index contributed by atoms with van der Waals surface area (Å²) in [5.74, 6) is 0. The van der Waals surface area contributed by atoms with Gasteiger partial charge in [-0.2, -0.15) is 0 Å². The van der Waals surface area contributed by atoms with Gasteiger partial charge in [0.05, 0.1) is 0 Å². The van der Waals surface area contributed by atoms with Crippen molar-refractivity contribution in [3.63, 3.8) is 0 Å². The van der Waals surface area contributed by atoms with E-state index in [1.54, 1.807) is 0 Å². The van der Waals surface area contributed by atoms with Gasteiger partial charge in [0.2, 0.25) is 0 Å². The minimum atomic E-state index is -7.54. The van der Waals surface area contributed by atoms with E-state index in [1.807, 2.05) is 0 Å². The molecular weight excluding hydrogens is 591 g/mol. The quantitative estimate of drug-likeness (QED) is 0.393. The van der Waals surface area contributed by atoms with E-state index in [0.717, 1.165) is 12.1 Å². The molecule has 0 atom stereocenters. The molecule has 2 aliphatic heterocycles. The summed E-state index contributed by atoms with van der Waals surface area (Å²) in [5.41, 5.74) is -14.2. The fourth-order valence-corrected chi connectivity index (χ4v) is 17.0. The van der Waals surface area contributed by atoms with Crippen molar-refractivity contribution in [3.8, 4) is 0 Å². The molecule has 200 valence electrons. The SMILES string of the molecule is OCC[As]12(OC(C(F)(F)F)(C(F)(F)F)c3ccccc31)OC(C(F)(F)F)(C(F)(F)F)c1ccccc12. The van der Waals surface area contributed by atoms with Crippen LogP contribution < -0.4 is 8.70 Å². The Morgan fingerprint density at radius 2 is 0.889 bits per heavy atom. The second-order valence-electron chi connectivity index (χ2n) is 8.14. The van der Waals surface area contributed by atoms with Crippen molar-refractivity contribution >= 4 is 21.8 Å². The van der Waals surface area contributed by atoms with Crippen molar-refractivity contribution in [1.29, 1.82) is 0 Å². The summed E-state index contributed by atoms with van der Waals surface area (Å²) in [4.78, 5) is 0. The zero-order chi connectivity index (χ0) is 27.2. The number of rotatable bonds is 2. The monoisotopic (exact) mass is 604 g/mol. The molecule has 0 unspecified atom stereocenters. The second kappa shape index (κ2) is 7.33. The maximum absolute atomic E-state index is 14.3. The van der Waals surface area contributed by atoms with Gasteiger partial charge in [-0.25, -0.2) is 0 Å². The van der Waals surface area contributed by atoms with E-state index >= 15 is 0 Å². The molecule has 0 saturated heterocycles. The van der Waals surface area contributed by atoms with Crippen LogP contribution in [0, 0.1) is 0 Å². The molecule has 3 nitrogen and oxygen atoms in total. The molecule has 2 aliphatic rings.